The molecule has 126 valence electrons. The molecular formula is C16H27ClN2O2S. The lowest BCUT2D eigenvalue weighted by molar-refractivity contribution is 0.363. The maximum Gasteiger partial charge on any atom is 0.241 e. The minimum Gasteiger partial charge on any atom is -0.329 e. The average Bonchev–Trinajstić information content (AvgIpc) is 2.52. The van der Waals surface area contributed by atoms with Gasteiger partial charge in [-0.05, 0) is 61.8 Å². The second kappa shape index (κ2) is 7.77. The van der Waals surface area contributed by atoms with E-state index in [0.29, 0.717) is 24.3 Å². The van der Waals surface area contributed by atoms with Crippen molar-refractivity contribution in [2.45, 2.75) is 62.8 Å². The zero-order valence-electron chi connectivity index (χ0n) is 13.4. The Morgan fingerprint density at radius 2 is 1.73 bits per heavy atom. The van der Waals surface area contributed by atoms with Gasteiger partial charge in [0.25, 0.3) is 0 Å². The lowest BCUT2D eigenvalue weighted by atomic mass is 9.92. The topological polar surface area (TPSA) is 72.2 Å². The summed E-state index contributed by atoms with van der Waals surface area (Å²) in [5.41, 5.74) is 7.72. The number of benzene rings is 1. The van der Waals surface area contributed by atoms with Gasteiger partial charge in [0.1, 0.15) is 0 Å². The van der Waals surface area contributed by atoms with Crippen LogP contribution in [0.5, 0.6) is 0 Å². The van der Waals surface area contributed by atoms with Crippen LogP contribution in [0.25, 0.3) is 0 Å². The second-order valence-electron chi connectivity index (χ2n) is 5.93. The normalized spacial score (nSPS) is 15.0. The van der Waals surface area contributed by atoms with Crippen LogP contribution in [-0.4, -0.2) is 20.5 Å². The van der Waals surface area contributed by atoms with Crippen molar-refractivity contribution < 1.29 is 8.42 Å². The highest BCUT2D eigenvalue weighted by molar-refractivity contribution is 7.89. The third-order valence-corrected chi connectivity index (χ3v) is 6.30. The highest BCUT2D eigenvalue weighted by Crippen LogP contribution is 2.25. The number of fused-ring (bicyclic) bond motifs is 1. The van der Waals surface area contributed by atoms with Crippen LogP contribution >= 0.6 is 12.4 Å². The van der Waals surface area contributed by atoms with Crippen molar-refractivity contribution in [1.29, 1.82) is 0 Å². The number of nitrogens with one attached hydrogen (secondary N) is 1. The van der Waals surface area contributed by atoms with E-state index in [0.717, 1.165) is 19.3 Å². The monoisotopic (exact) mass is 346 g/mol. The van der Waals surface area contributed by atoms with Crippen molar-refractivity contribution in [3.8, 4) is 0 Å². The van der Waals surface area contributed by atoms with E-state index in [2.05, 4.69) is 4.72 Å². The summed E-state index contributed by atoms with van der Waals surface area (Å²) in [5.74, 6) is 0. The molecule has 0 saturated carbocycles. The van der Waals surface area contributed by atoms with Gasteiger partial charge in [-0.25, -0.2) is 13.1 Å². The van der Waals surface area contributed by atoms with E-state index in [-0.39, 0.29) is 12.4 Å². The number of sulfonamides is 1. The first-order chi connectivity index (χ1) is 9.96. The first kappa shape index (κ1) is 19.4. The SMILES string of the molecule is CCC(CC)(CN)NS(=O)(=O)c1ccc2c(c1)CCCC2.Cl. The van der Waals surface area contributed by atoms with Crippen LogP contribution in [-0.2, 0) is 22.9 Å². The minimum absolute atomic E-state index is 0. The molecule has 1 aromatic rings. The summed E-state index contributed by atoms with van der Waals surface area (Å²) in [6.07, 6.45) is 5.73. The van der Waals surface area contributed by atoms with Crippen LogP contribution in [0.4, 0.5) is 0 Å². The molecule has 22 heavy (non-hydrogen) atoms. The molecule has 0 aromatic heterocycles. The molecule has 0 saturated heterocycles. The molecule has 6 heteroatoms. The van der Waals surface area contributed by atoms with Crippen LogP contribution in [0.2, 0.25) is 0 Å². The molecule has 1 aliphatic carbocycles. The Morgan fingerprint density at radius 1 is 1.14 bits per heavy atom. The van der Waals surface area contributed by atoms with Gasteiger partial charge in [0.15, 0.2) is 0 Å². The molecule has 3 N–H and O–H groups in total. The highest BCUT2D eigenvalue weighted by atomic mass is 35.5. The summed E-state index contributed by atoms with van der Waals surface area (Å²) in [4.78, 5) is 0.364. The second-order valence-corrected chi connectivity index (χ2v) is 7.62. The van der Waals surface area contributed by atoms with E-state index in [9.17, 15) is 8.42 Å². The molecule has 1 aliphatic rings. The van der Waals surface area contributed by atoms with E-state index < -0.39 is 15.6 Å². The molecule has 0 amide bonds. The number of hydrogen-bond acceptors (Lipinski definition) is 3. The Morgan fingerprint density at radius 3 is 2.27 bits per heavy atom. The molecule has 0 unspecified atom stereocenters. The molecular weight excluding hydrogens is 320 g/mol. The third-order valence-electron chi connectivity index (χ3n) is 4.73. The van der Waals surface area contributed by atoms with Crippen molar-refractivity contribution in [2.75, 3.05) is 6.54 Å². The van der Waals surface area contributed by atoms with Crippen LogP contribution in [0.3, 0.4) is 0 Å². The van der Waals surface area contributed by atoms with Gasteiger partial charge in [0, 0.05) is 12.1 Å². The van der Waals surface area contributed by atoms with E-state index in [1.807, 2.05) is 26.0 Å². The van der Waals surface area contributed by atoms with Crippen LogP contribution in [0.1, 0.15) is 50.7 Å². The Kier molecular flexibility index (Phi) is 6.86. The number of nitrogens with two attached hydrogens (primary N) is 1. The lowest BCUT2D eigenvalue weighted by Gasteiger charge is -2.31. The molecule has 4 nitrogen and oxygen atoms in total. The first-order valence-corrected chi connectivity index (χ1v) is 9.30. The van der Waals surface area contributed by atoms with Crippen LogP contribution in [0, 0.1) is 0 Å². The predicted molar refractivity (Wildman–Crippen MR) is 93.0 cm³/mol. The van der Waals surface area contributed by atoms with E-state index in [1.54, 1.807) is 6.07 Å². The fourth-order valence-electron chi connectivity index (χ4n) is 2.95. The Balaban J connectivity index is 0.00000242. The zero-order chi connectivity index (χ0) is 15.5. The first-order valence-electron chi connectivity index (χ1n) is 7.82. The van der Waals surface area contributed by atoms with Gasteiger partial charge in [0.05, 0.1) is 4.90 Å². The molecule has 0 fully saturated rings. The minimum atomic E-state index is -3.52. The molecule has 0 radical (unpaired) electrons. The van der Waals surface area contributed by atoms with Crippen molar-refractivity contribution in [2.24, 2.45) is 5.73 Å². The van der Waals surface area contributed by atoms with Gasteiger partial charge >= 0.3 is 0 Å². The maximum atomic E-state index is 12.6. The van der Waals surface area contributed by atoms with Gasteiger partial charge in [-0.2, -0.15) is 0 Å². The van der Waals surface area contributed by atoms with Crippen molar-refractivity contribution in [1.82, 2.24) is 4.72 Å². The summed E-state index contributed by atoms with van der Waals surface area (Å²) in [6, 6.07) is 5.52. The fourth-order valence-corrected chi connectivity index (χ4v) is 4.55. The van der Waals surface area contributed by atoms with E-state index in [4.69, 9.17) is 5.73 Å². The Hall–Kier alpha value is -0.620. The van der Waals surface area contributed by atoms with Gasteiger partial charge in [-0.1, -0.05) is 19.9 Å². The Labute approximate surface area is 140 Å². The molecule has 0 aliphatic heterocycles. The van der Waals surface area contributed by atoms with Crippen molar-refractivity contribution in [3.63, 3.8) is 0 Å². The summed E-state index contributed by atoms with van der Waals surface area (Å²) in [6.45, 7) is 4.24. The van der Waals surface area contributed by atoms with Gasteiger partial charge in [-0.3, -0.25) is 0 Å². The number of halogens is 1. The molecule has 0 heterocycles. The average molecular weight is 347 g/mol. The summed E-state index contributed by atoms with van der Waals surface area (Å²) in [7, 11) is -3.52. The summed E-state index contributed by atoms with van der Waals surface area (Å²) >= 11 is 0. The number of hydrogen-bond donors (Lipinski definition) is 2. The number of rotatable bonds is 6. The maximum absolute atomic E-state index is 12.6. The van der Waals surface area contributed by atoms with Crippen molar-refractivity contribution in [3.05, 3.63) is 29.3 Å². The fraction of sp³-hybridized carbons (Fsp3) is 0.625. The molecule has 0 atom stereocenters. The Bertz CT molecular complexity index is 590. The molecule has 0 spiro atoms. The zero-order valence-corrected chi connectivity index (χ0v) is 15.0. The third kappa shape index (κ3) is 4.02. The summed E-state index contributed by atoms with van der Waals surface area (Å²) in [5, 5.41) is 0. The largest absolute Gasteiger partial charge is 0.329 e. The van der Waals surface area contributed by atoms with Crippen LogP contribution < -0.4 is 10.5 Å². The van der Waals surface area contributed by atoms with Gasteiger partial charge in [-0.15, -0.1) is 12.4 Å². The van der Waals surface area contributed by atoms with E-state index >= 15 is 0 Å². The van der Waals surface area contributed by atoms with Gasteiger partial charge in [0.2, 0.25) is 10.0 Å². The van der Waals surface area contributed by atoms with Crippen LogP contribution in [0.15, 0.2) is 23.1 Å². The van der Waals surface area contributed by atoms with Crippen molar-refractivity contribution >= 4 is 22.4 Å². The molecule has 2 rings (SSSR count). The predicted octanol–water partition coefficient (Wildman–Crippen LogP) is 2.78. The number of aryl methyl sites for hydroxylation is 2. The quantitative estimate of drug-likeness (QED) is 0.831. The van der Waals surface area contributed by atoms with Gasteiger partial charge < -0.3 is 5.73 Å². The summed E-state index contributed by atoms with van der Waals surface area (Å²) < 4.78 is 28.1. The molecule has 0 bridgehead atoms. The standard InChI is InChI=1S/C16H26N2O2S.ClH/c1-3-16(4-2,12-17)18-21(19,20)15-10-9-13-7-5-6-8-14(13)11-15;/h9-11,18H,3-8,12,17H2,1-2H3;1H. The highest BCUT2D eigenvalue weighted by Gasteiger charge is 2.31. The smallest absolute Gasteiger partial charge is 0.241 e. The lowest BCUT2D eigenvalue weighted by Crippen LogP contribution is -2.52. The molecule has 1 aromatic carbocycles. The van der Waals surface area contributed by atoms with E-state index in [1.165, 1.54) is 17.5 Å².